The van der Waals surface area contributed by atoms with Gasteiger partial charge in [0.05, 0.1) is 5.69 Å². The Labute approximate surface area is 170 Å². The minimum atomic E-state index is -1.11. The van der Waals surface area contributed by atoms with Crippen molar-refractivity contribution < 1.29 is 14.7 Å². The maximum Gasteiger partial charge on any atom is 0.341 e. The van der Waals surface area contributed by atoms with E-state index in [0.29, 0.717) is 16.6 Å². The summed E-state index contributed by atoms with van der Waals surface area (Å²) >= 11 is 5.94. The molecule has 0 unspecified atom stereocenters. The summed E-state index contributed by atoms with van der Waals surface area (Å²) in [4.78, 5) is 26.7. The minimum Gasteiger partial charge on any atom is -0.477 e. The molecule has 0 aliphatic heterocycles. The van der Waals surface area contributed by atoms with E-state index in [1.54, 1.807) is 29.2 Å². The third-order valence-corrected chi connectivity index (χ3v) is 5.62. The first-order chi connectivity index (χ1) is 13.3. The van der Waals surface area contributed by atoms with Gasteiger partial charge in [-0.05, 0) is 69.7 Å². The summed E-state index contributed by atoms with van der Waals surface area (Å²) in [6, 6.07) is 6.75. The predicted octanol–water partition coefficient (Wildman–Crippen LogP) is 4.79. The van der Waals surface area contributed by atoms with E-state index < -0.39 is 5.97 Å². The van der Waals surface area contributed by atoms with Crippen LogP contribution in [0, 0.1) is 11.8 Å². The van der Waals surface area contributed by atoms with Crippen LogP contribution in [0.4, 0.5) is 5.82 Å². The van der Waals surface area contributed by atoms with E-state index in [1.807, 2.05) is 13.8 Å². The van der Waals surface area contributed by atoms with Crippen LogP contribution in [-0.2, 0) is 4.79 Å². The highest BCUT2D eigenvalue weighted by Crippen LogP contribution is 2.32. The number of hydrogen-bond acceptors (Lipinski definition) is 3. The van der Waals surface area contributed by atoms with Crippen molar-refractivity contribution in [3.05, 3.63) is 41.0 Å². The van der Waals surface area contributed by atoms with Crippen LogP contribution in [0.2, 0.25) is 5.02 Å². The number of halogens is 1. The molecule has 1 saturated carbocycles. The lowest BCUT2D eigenvalue weighted by atomic mass is 9.82. The summed E-state index contributed by atoms with van der Waals surface area (Å²) < 4.78 is 1.49. The van der Waals surface area contributed by atoms with Gasteiger partial charge in [0, 0.05) is 23.2 Å². The van der Waals surface area contributed by atoms with E-state index in [-0.39, 0.29) is 29.2 Å². The van der Waals surface area contributed by atoms with Crippen LogP contribution >= 0.6 is 11.6 Å². The van der Waals surface area contributed by atoms with Gasteiger partial charge in [0.1, 0.15) is 5.56 Å². The Kier molecular flexibility index (Phi) is 6.08. The number of hydrogen-bond donors (Lipinski definition) is 1. The first-order valence-electron chi connectivity index (χ1n) is 9.70. The van der Waals surface area contributed by atoms with E-state index in [2.05, 4.69) is 12.0 Å². The lowest BCUT2D eigenvalue weighted by Gasteiger charge is -2.32. The van der Waals surface area contributed by atoms with Crippen LogP contribution in [0.3, 0.4) is 0 Å². The monoisotopic (exact) mass is 403 g/mol. The van der Waals surface area contributed by atoms with Gasteiger partial charge >= 0.3 is 5.97 Å². The Morgan fingerprint density at radius 2 is 1.79 bits per heavy atom. The Morgan fingerprint density at radius 1 is 1.18 bits per heavy atom. The lowest BCUT2D eigenvalue weighted by molar-refractivity contribution is -0.123. The average molecular weight is 404 g/mol. The number of nitrogens with zero attached hydrogens (tertiary/aromatic N) is 3. The molecule has 0 bridgehead atoms. The zero-order valence-corrected chi connectivity index (χ0v) is 17.2. The highest BCUT2D eigenvalue weighted by Gasteiger charge is 2.34. The quantitative estimate of drug-likeness (QED) is 0.778. The zero-order chi connectivity index (χ0) is 20.4. The van der Waals surface area contributed by atoms with Gasteiger partial charge in [-0.1, -0.05) is 18.5 Å². The van der Waals surface area contributed by atoms with Gasteiger partial charge in [0.2, 0.25) is 5.91 Å². The maximum atomic E-state index is 13.3. The van der Waals surface area contributed by atoms with E-state index in [0.717, 1.165) is 25.7 Å². The van der Waals surface area contributed by atoms with Crippen LogP contribution in [0.25, 0.3) is 5.69 Å². The second kappa shape index (κ2) is 8.35. The molecule has 0 atom stereocenters. The highest BCUT2D eigenvalue weighted by atomic mass is 35.5. The van der Waals surface area contributed by atoms with Crippen molar-refractivity contribution >= 4 is 29.3 Å². The van der Waals surface area contributed by atoms with Crippen LogP contribution in [0.5, 0.6) is 0 Å². The summed E-state index contributed by atoms with van der Waals surface area (Å²) in [6.07, 6.45) is 5.17. The van der Waals surface area contributed by atoms with Crippen molar-refractivity contribution in [3.63, 3.8) is 0 Å². The Morgan fingerprint density at radius 3 is 2.32 bits per heavy atom. The van der Waals surface area contributed by atoms with Crippen molar-refractivity contribution in [2.24, 2.45) is 11.8 Å². The standard InChI is InChI=1S/C21H26ClN3O3/c1-13(2)25(20(26)15-6-4-14(3)5-7-15)19-18(21(27)28)12-24(23-19)17-10-8-16(22)9-11-17/h8-15H,4-7H2,1-3H3,(H,27,28). The first kappa shape index (κ1) is 20.4. The van der Waals surface area contributed by atoms with Gasteiger partial charge in [0.25, 0.3) is 0 Å². The number of benzene rings is 1. The molecule has 0 saturated heterocycles. The van der Waals surface area contributed by atoms with Crippen molar-refractivity contribution in [2.45, 2.75) is 52.5 Å². The SMILES string of the molecule is CC1CCC(C(=O)N(c2nn(-c3ccc(Cl)cc3)cc2C(=O)O)C(C)C)CC1. The average Bonchev–Trinajstić information content (AvgIpc) is 3.07. The van der Waals surface area contributed by atoms with E-state index in [1.165, 1.54) is 10.9 Å². The molecular formula is C21H26ClN3O3. The van der Waals surface area contributed by atoms with Crippen LogP contribution in [0.15, 0.2) is 30.5 Å². The molecule has 2 aromatic rings. The second-order valence-electron chi connectivity index (χ2n) is 7.85. The summed E-state index contributed by atoms with van der Waals surface area (Å²) in [6.45, 7) is 5.98. The normalized spacial score (nSPS) is 19.6. The minimum absolute atomic E-state index is 0.0150. The Balaban J connectivity index is 1.99. The fourth-order valence-electron chi connectivity index (χ4n) is 3.73. The van der Waals surface area contributed by atoms with Crippen molar-refractivity contribution in [1.82, 2.24) is 9.78 Å². The molecule has 150 valence electrons. The van der Waals surface area contributed by atoms with Gasteiger partial charge in [-0.25, -0.2) is 9.48 Å². The fraction of sp³-hybridized carbons (Fsp3) is 0.476. The van der Waals surface area contributed by atoms with Crippen LogP contribution < -0.4 is 4.90 Å². The molecule has 0 radical (unpaired) electrons. The molecule has 1 aliphatic carbocycles. The summed E-state index contributed by atoms with van der Waals surface area (Å²) in [7, 11) is 0. The number of rotatable bonds is 5. The van der Waals surface area contributed by atoms with Gasteiger partial charge in [-0.3, -0.25) is 9.69 Å². The Bertz CT molecular complexity index is 852. The number of aromatic carboxylic acids is 1. The van der Waals surface area contributed by atoms with Gasteiger partial charge in [-0.2, -0.15) is 0 Å². The third kappa shape index (κ3) is 4.22. The number of amides is 1. The second-order valence-corrected chi connectivity index (χ2v) is 8.29. The van der Waals surface area contributed by atoms with E-state index >= 15 is 0 Å². The fourth-order valence-corrected chi connectivity index (χ4v) is 3.85. The Hall–Kier alpha value is -2.34. The molecular weight excluding hydrogens is 378 g/mol. The number of carboxylic acids is 1. The van der Waals surface area contributed by atoms with Crippen molar-refractivity contribution in [2.75, 3.05) is 4.90 Å². The topological polar surface area (TPSA) is 75.4 Å². The van der Waals surface area contributed by atoms with Crippen molar-refractivity contribution in [1.29, 1.82) is 0 Å². The molecule has 1 aromatic heterocycles. The molecule has 1 aliphatic rings. The maximum absolute atomic E-state index is 13.3. The number of carboxylic acid groups (broad SMARTS) is 1. The van der Waals surface area contributed by atoms with Crippen LogP contribution in [-0.4, -0.2) is 32.8 Å². The molecule has 1 aromatic carbocycles. The number of carbonyl (C=O) groups excluding carboxylic acids is 1. The zero-order valence-electron chi connectivity index (χ0n) is 16.4. The van der Waals surface area contributed by atoms with Crippen LogP contribution in [0.1, 0.15) is 56.8 Å². The molecule has 3 rings (SSSR count). The smallest absolute Gasteiger partial charge is 0.341 e. The lowest BCUT2D eigenvalue weighted by Crippen LogP contribution is -2.43. The number of anilines is 1. The molecule has 1 heterocycles. The van der Waals surface area contributed by atoms with Gasteiger partial charge in [-0.15, -0.1) is 5.10 Å². The van der Waals surface area contributed by atoms with Gasteiger partial charge < -0.3 is 5.11 Å². The molecule has 28 heavy (non-hydrogen) atoms. The number of carbonyl (C=O) groups is 2. The van der Waals surface area contributed by atoms with E-state index in [4.69, 9.17) is 11.6 Å². The first-order valence-corrected chi connectivity index (χ1v) is 10.1. The molecule has 1 N–H and O–H groups in total. The predicted molar refractivity (Wildman–Crippen MR) is 109 cm³/mol. The highest BCUT2D eigenvalue weighted by molar-refractivity contribution is 6.30. The molecule has 0 spiro atoms. The third-order valence-electron chi connectivity index (χ3n) is 5.36. The summed E-state index contributed by atoms with van der Waals surface area (Å²) in [5, 5.41) is 14.8. The summed E-state index contributed by atoms with van der Waals surface area (Å²) in [5.74, 6) is -0.395. The van der Waals surface area contributed by atoms with E-state index in [9.17, 15) is 14.7 Å². The van der Waals surface area contributed by atoms with Gasteiger partial charge in [0.15, 0.2) is 5.82 Å². The largest absolute Gasteiger partial charge is 0.477 e. The summed E-state index contributed by atoms with van der Waals surface area (Å²) in [5.41, 5.74) is 0.696. The molecule has 1 fully saturated rings. The molecule has 6 nitrogen and oxygen atoms in total. The molecule has 7 heteroatoms. The van der Waals surface area contributed by atoms with Crippen molar-refractivity contribution in [3.8, 4) is 5.69 Å². The number of aromatic nitrogens is 2. The molecule has 1 amide bonds.